The van der Waals surface area contributed by atoms with Crippen LogP contribution in [-0.4, -0.2) is 68.5 Å². The number of rotatable bonds is 37. The number of unbranched alkanes of at least 4 members (excludes halogenated alkanes) is 22. The van der Waals surface area contributed by atoms with Gasteiger partial charge < -0.3 is 28.8 Å². The molecule has 3 atom stereocenters. The van der Waals surface area contributed by atoms with Gasteiger partial charge in [0.15, 0.2) is 0 Å². The van der Waals surface area contributed by atoms with E-state index in [9.17, 15) is 19.4 Å². The maximum absolute atomic E-state index is 12.8. The van der Waals surface area contributed by atoms with Crippen LogP contribution in [0.2, 0.25) is 0 Å². The molecule has 0 fully saturated rings. The van der Waals surface area contributed by atoms with E-state index >= 15 is 0 Å². The highest BCUT2D eigenvalue weighted by Crippen LogP contribution is 2.38. The molecule has 8 nitrogen and oxygen atoms in total. The van der Waals surface area contributed by atoms with Crippen LogP contribution in [0.1, 0.15) is 181 Å². The largest absolute Gasteiger partial charge is 0.756 e. The van der Waals surface area contributed by atoms with Gasteiger partial charge in [0.25, 0.3) is 7.82 Å². The van der Waals surface area contributed by atoms with Gasteiger partial charge in [-0.25, -0.2) is 0 Å². The number of hydrogen-bond acceptors (Lipinski definition) is 6. The minimum Gasteiger partial charge on any atom is -0.756 e. The number of carbonyl (C=O) groups is 1. The first-order valence-electron chi connectivity index (χ1n) is 20.7. The summed E-state index contributed by atoms with van der Waals surface area (Å²) in [5.41, 5.74) is 0. The van der Waals surface area contributed by atoms with Gasteiger partial charge in [-0.2, -0.15) is 0 Å². The van der Waals surface area contributed by atoms with E-state index in [0.717, 1.165) is 51.4 Å². The third kappa shape index (κ3) is 35.4. The molecule has 0 aliphatic rings. The molecule has 1 amide bonds. The monoisotopic (exact) mass is 729 g/mol. The summed E-state index contributed by atoms with van der Waals surface area (Å²) < 4.78 is 23.1. The topological polar surface area (TPSA) is 108 Å². The highest BCUT2D eigenvalue weighted by molar-refractivity contribution is 7.45. The molecule has 50 heavy (non-hydrogen) atoms. The Labute approximate surface area is 309 Å². The molecule has 0 heterocycles. The minimum absolute atomic E-state index is 0.00179. The van der Waals surface area contributed by atoms with E-state index in [2.05, 4.69) is 31.3 Å². The Balaban J connectivity index is 4.50. The Morgan fingerprint density at radius 2 is 1.10 bits per heavy atom. The first-order chi connectivity index (χ1) is 24.0. The molecule has 0 saturated heterocycles. The molecule has 0 aromatic rings. The second kappa shape index (κ2) is 33.8. The van der Waals surface area contributed by atoms with Gasteiger partial charge in [0.1, 0.15) is 13.2 Å². The zero-order valence-electron chi connectivity index (χ0n) is 33.4. The van der Waals surface area contributed by atoms with E-state index < -0.39 is 20.0 Å². The molecule has 3 unspecified atom stereocenters. The lowest BCUT2D eigenvalue weighted by molar-refractivity contribution is -0.870. The number of carbonyl (C=O) groups excluding carboxylic acids is 1. The molecule has 0 bridgehead atoms. The van der Waals surface area contributed by atoms with Gasteiger partial charge in [-0.05, 0) is 44.9 Å². The van der Waals surface area contributed by atoms with Crippen molar-refractivity contribution in [2.75, 3.05) is 40.9 Å². The summed E-state index contributed by atoms with van der Waals surface area (Å²) in [6.07, 6.45) is 37.8. The van der Waals surface area contributed by atoms with Gasteiger partial charge in [0.2, 0.25) is 5.91 Å². The Kier molecular flexibility index (Phi) is 33.1. The molecule has 0 rings (SSSR count). The summed E-state index contributed by atoms with van der Waals surface area (Å²) in [4.78, 5) is 25.2. The third-order valence-electron chi connectivity index (χ3n) is 9.16. The van der Waals surface area contributed by atoms with Crippen molar-refractivity contribution in [3.63, 3.8) is 0 Å². The molecular formula is C41H81N2O6P. The second-order valence-corrected chi connectivity index (χ2v) is 16.8. The number of phosphoric ester groups is 1. The summed E-state index contributed by atoms with van der Waals surface area (Å²) in [5.74, 6) is -0.208. The fourth-order valence-electron chi connectivity index (χ4n) is 5.79. The van der Waals surface area contributed by atoms with Crippen molar-refractivity contribution in [2.24, 2.45) is 0 Å². The van der Waals surface area contributed by atoms with E-state index in [-0.39, 0.29) is 19.1 Å². The number of aliphatic hydroxyl groups is 1. The average Bonchev–Trinajstić information content (AvgIpc) is 3.06. The third-order valence-corrected chi connectivity index (χ3v) is 10.1. The smallest absolute Gasteiger partial charge is 0.268 e. The normalized spacial score (nSPS) is 14.8. The molecule has 296 valence electrons. The highest BCUT2D eigenvalue weighted by Gasteiger charge is 2.23. The summed E-state index contributed by atoms with van der Waals surface area (Å²) in [6, 6.07) is -0.886. The zero-order chi connectivity index (χ0) is 37.2. The van der Waals surface area contributed by atoms with Crippen LogP contribution in [0.4, 0.5) is 0 Å². The predicted octanol–water partition coefficient (Wildman–Crippen LogP) is 10.3. The van der Waals surface area contributed by atoms with Gasteiger partial charge in [0.05, 0.1) is 39.9 Å². The number of nitrogens with zero attached hydrogens (tertiary/aromatic N) is 1. The van der Waals surface area contributed by atoms with Gasteiger partial charge >= 0.3 is 0 Å². The second-order valence-electron chi connectivity index (χ2n) is 15.3. The molecule has 0 aromatic heterocycles. The standard InChI is InChI=1S/C41H81N2O6P/c1-6-8-10-12-14-16-18-20-21-23-25-27-29-31-33-35-41(45)42-39(38-49-50(46,47)48-37-36-43(3,4)5)40(44)34-32-30-28-26-24-22-19-17-15-13-11-9-7-2/h20-21,32,34,39-40,44H,6-19,22-31,33,35-38H2,1-5H3,(H-,42,45,46,47)/b21-20-,34-32+. The van der Waals surface area contributed by atoms with Gasteiger partial charge in [0, 0.05) is 6.42 Å². The van der Waals surface area contributed by atoms with Crippen LogP contribution in [0.25, 0.3) is 0 Å². The number of quaternary nitrogens is 1. The first kappa shape index (κ1) is 49.0. The molecular weight excluding hydrogens is 647 g/mol. The highest BCUT2D eigenvalue weighted by atomic mass is 31.2. The van der Waals surface area contributed by atoms with Crippen LogP contribution < -0.4 is 10.2 Å². The van der Waals surface area contributed by atoms with Crippen LogP contribution in [-0.2, 0) is 18.4 Å². The fraction of sp³-hybridized carbons (Fsp3) is 0.878. The van der Waals surface area contributed by atoms with Crippen LogP contribution >= 0.6 is 7.82 Å². The Bertz CT molecular complexity index is 876. The maximum Gasteiger partial charge on any atom is 0.268 e. The molecule has 0 spiro atoms. The summed E-state index contributed by atoms with van der Waals surface area (Å²) >= 11 is 0. The molecule has 0 saturated carbocycles. The first-order valence-corrected chi connectivity index (χ1v) is 22.2. The van der Waals surface area contributed by atoms with Crippen molar-refractivity contribution in [1.82, 2.24) is 5.32 Å². The van der Waals surface area contributed by atoms with Crippen LogP contribution in [0.3, 0.4) is 0 Å². The number of nitrogens with one attached hydrogen (secondary N) is 1. The number of aliphatic hydroxyl groups excluding tert-OH is 1. The number of amides is 1. The number of allylic oxidation sites excluding steroid dienone is 3. The molecule has 0 aromatic carbocycles. The van der Waals surface area contributed by atoms with Gasteiger partial charge in [-0.1, -0.05) is 154 Å². The summed E-state index contributed by atoms with van der Waals surface area (Å²) in [7, 11) is 1.25. The van der Waals surface area contributed by atoms with E-state index in [4.69, 9.17) is 9.05 Å². The van der Waals surface area contributed by atoms with E-state index in [1.54, 1.807) is 6.08 Å². The maximum atomic E-state index is 12.8. The van der Waals surface area contributed by atoms with Crippen LogP contribution in [0.15, 0.2) is 24.3 Å². The molecule has 2 N–H and O–H groups in total. The zero-order valence-corrected chi connectivity index (χ0v) is 34.2. The molecule has 0 radical (unpaired) electrons. The van der Waals surface area contributed by atoms with Crippen molar-refractivity contribution < 1.29 is 32.9 Å². The minimum atomic E-state index is -4.58. The van der Waals surface area contributed by atoms with Crippen molar-refractivity contribution in [3.05, 3.63) is 24.3 Å². The number of likely N-dealkylation sites (N-methyl/N-ethyl adjacent to an activating group) is 1. The average molecular weight is 729 g/mol. The predicted molar refractivity (Wildman–Crippen MR) is 210 cm³/mol. The quantitative estimate of drug-likeness (QED) is 0.0285. The Morgan fingerprint density at radius 1 is 0.680 bits per heavy atom. The Morgan fingerprint density at radius 3 is 1.56 bits per heavy atom. The van der Waals surface area contributed by atoms with Gasteiger partial charge in [-0.15, -0.1) is 0 Å². The van der Waals surface area contributed by atoms with Crippen LogP contribution in [0.5, 0.6) is 0 Å². The lowest BCUT2D eigenvalue weighted by Crippen LogP contribution is -2.45. The molecule has 0 aliphatic heterocycles. The molecule has 0 aliphatic carbocycles. The van der Waals surface area contributed by atoms with E-state index in [0.29, 0.717) is 17.4 Å². The number of phosphoric acid groups is 1. The van der Waals surface area contributed by atoms with Crippen molar-refractivity contribution in [1.29, 1.82) is 0 Å². The van der Waals surface area contributed by atoms with Crippen molar-refractivity contribution >= 4 is 13.7 Å². The Hall–Kier alpha value is -1.02. The van der Waals surface area contributed by atoms with Gasteiger partial charge in [-0.3, -0.25) is 9.36 Å². The van der Waals surface area contributed by atoms with E-state index in [1.165, 1.54) is 109 Å². The fourth-order valence-corrected chi connectivity index (χ4v) is 6.52. The lowest BCUT2D eigenvalue weighted by Gasteiger charge is -2.29. The lowest BCUT2D eigenvalue weighted by atomic mass is 10.0. The summed E-state index contributed by atoms with van der Waals surface area (Å²) in [5, 5.41) is 13.7. The summed E-state index contributed by atoms with van der Waals surface area (Å²) in [6.45, 7) is 4.62. The SMILES string of the molecule is CCCCCCCC/C=C\CCCCCCCC(=O)NC(COP(=O)([O-])OCC[N+](C)(C)C)C(O)/C=C/CCCCCCCCCCCCC. The van der Waals surface area contributed by atoms with Crippen LogP contribution in [0, 0.1) is 0 Å². The number of hydrogen-bond donors (Lipinski definition) is 2. The van der Waals surface area contributed by atoms with E-state index in [1.807, 2.05) is 27.2 Å². The van der Waals surface area contributed by atoms with Crippen molar-refractivity contribution in [2.45, 2.75) is 193 Å². The van der Waals surface area contributed by atoms with Crippen molar-refractivity contribution in [3.8, 4) is 0 Å². The molecule has 9 heteroatoms.